The fourth-order valence-electron chi connectivity index (χ4n) is 0.921. The van der Waals surface area contributed by atoms with E-state index in [0.717, 1.165) is 6.42 Å². The molecule has 0 aromatic rings. The average Bonchev–Trinajstić information content (AvgIpc) is 2.16. The first-order valence-electron chi connectivity index (χ1n) is 4.77. The van der Waals surface area contributed by atoms with E-state index in [4.69, 9.17) is 10.2 Å². The summed E-state index contributed by atoms with van der Waals surface area (Å²) in [7, 11) is 3.45. The second-order valence-electron chi connectivity index (χ2n) is 3.43. The van der Waals surface area contributed by atoms with Gasteiger partial charge < -0.3 is 20.4 Å². The first-order chi connectivity index (χ1) is 6.57. The number of hydrogen-bond acceptors (Lipinski definition) is 4. The van der Waals surface area contributed by atoms with Crippen LogP contribution in [-0.4, -0.2) is 60.9 Å². The number of amides is 1. The van der Waals surface area contributed by atoms with Crippen LogP contribution < -0.4 is 5.32 Å². The largest absolute Gasteiger partial charge is 0.394 e. The molecule has 84 valence electrons. The first-order valence-corrected chi connectivity index (χ1v) is 4.77. The summed E-state index contributed by atoms with van der Waals surface area (Å²) in [5, 5.41) is 20.4. The van der Waals surface area contributed by atoms with Crippen molar-refractivity contribution in [2.45, 2.75) is 18.9 Å². The summed E-state index contributed by atoms with van der Waals surface area (Å²) in [6, 6.07) is 0. The Morgan fingerprint density at radius 1 is 1.50 bits per heavy atom. The number of nitrogens with zero attached hydrogens (tertiary/aromatic N) is 1. The van der Waals surface area contributed by atoms with Crippen LogP contribution in [0.15, 0.2) is 0 Å². The molecule has 0 saturated heterocycles. The van der Waals surface area contributed by atoms with E-state index in [1.807, 2.05) is 0 Å². The van der Waals surface area contributed by atoms with Crippen molar-refractivity contribution >= 4 is 5.91 Å². The lowest BCUT2D eigenvalue weighted by molar-refractivity contribution is -0.128. The summed E-state index contributed by atoms with van der Waals surface area (Å²) in [6.07, 6.45) is 0.546. The second kappa shape index (κ2) is 7.73. The van der Waals surface area contributed by atoms with Crippen LogP contribution in [0.25, 0.3) is 0 Å². The molecule has 5 heteroatoms. The van der Waals surface area contributed by atoms with Gasteiger partial charge >= 0.3 is 0 Å². The highest BCUT2D eigenvalue weighted by Crippen LogP contribution is 1.91. The molecule has 1 atom stereocenters. The summed E-state index contributed by atoms with van der Waals surface area (Å²) < 4.78 is 0. The van der Waals surface area contributed by atoms with E-state index >= 15 is 0 Å². The quantitative estimate of drug-likeness (QED) is 0.455. The van der Waals surface area contributed by atoms with Crippen LogP contribution in [0.4, 0.5) is 0 Å². The van der Waals surface area contributed by atoms with Crippen molar-refractivity contribution in [1.29, 1.82) is 0 Å². The summed E-state index contributed by atoms with van der Waals surface area (Å²) in [5.74, 6) is 0.106. The Morgan fingerprint density at radius 3 is 2.64 bits per heavy atom. The highest BCUT2D eigenvalue weighted by Gasteiger charge is 2.03. The zero-order chi connectivity index (χ0) is 11.0. The normalized spacial score (nSPS) is 12.6. The van der Waals surface area contributed by atoms with Crippen LogP contribution in [0.2, 0.25) is 0 Å². The van der Waals surface area contributed by atoms with E-state index in [-0.39, 0.29) is 12.5 Å². The fourth-order valence-corrected chi connectivity index (χ4v) is 0.921. The second-order valence-corrected chi connectivity index (χ2v) is 3.43. The molecular formula is C9H20N2O3. The number of hydrogen-bond donors (Lipinski definition) is 3. The van der Waals surface area contributed by atoms with Gasteiger partial charge in [0.2, 0.25) is 5.91 Å². The third kappa shape index (κ3) is 6.82. The minimum atomic E-state index is -0.709. The van der Waals surface area contributed by atoms with Crippen LogP contribution in [0, 0.1) is 0 Å². The van der Waals surface area contributed by atoms with E-state index in [1.54, 1.807) is 19.0 Å². The molecular weight excluding hydrogens is 184 g/mol. The van der Waals surface area contributed by atoms with Gasteiger partial charge in [0, 0.05) is 27.1 Å². The molecule has 0 aromatic carbocycles. The number of aliphatic hydroxyl groups is 2. The Bertz CT molecular complexity index is 162. The van der Waals surface area contributed by atoms with E-state index in [9.17, 15) is 4.79 Å². The zero-order valence-electron chi connectivity index (χ0n) is 8.86. The Morgan fingerprint density at radius 2 is 2.14 bits per heavy atom. The summed E-state index contributed by atoms with van der Waals surface area (Å²) in [6.45, 7) is 0.812. The van der Waals surface area contributed by atoms with Gasteiger partial charge in [-0.05, 0) is 13.0 Å². The van der Waals surface area contributed by atoms with Crippen molar-refractivity contribution in [3.63, 3.8) is 0 Å². The summed E-state index contributed by atoms with van der Waals surface area (Å²) in [4.78, 5) is 12.7. The summed E-state index contributed by atoms with van der Waals surface area (Å²) >= 11 is 0. The molecule has 0 aliphatic carbocycles. The van der Waals surface area contributed by atoms with E-state index in [1.165, 1.54) is 0 Å². The maximum atomic E-state index is 11.1. The van der Waals surface area contributed by atoms with Gasteiger partial charge in [0.05, 0.1) is 12.7 Å². The fraction of sp³-hybridized carbons (Fsp3) is 0.889. The van der Waals surface area contributed by atoms with Gasteiger partial charge in [-0.15, -0.1) is 0 Å². The molecule has 1 unspecified atom stereocenters. The molecule has 0 aliphatic rings. The minimum Gasteiger partial charge on any atom is -0.394 e. The van der Waals surface area contributed by atoms with Crippen molar-refractivity contribution in [2.75, 3.05) is 33.8 Å². The lowest BCUT2D eigenvalue weighted by atomic mass is 10.3. The Hall–Kier alpha value is -0.650. The van der Waals surface area contributed by atoms with Crippen molar-refractivity contribution in [1.82, 2.24) is 10.2 Å². The average molecular weight is 204 g/mol. The predicted molar refractivity (Wildman–Crippen MR) is 53.9 cm³/mol. The van der Waals surface area contributed by atoms with Crippen LogP contribution in [0.1, 0.15) is 12.8 Å². The monoisotopic (exact) mass is 204 g/mol. The highest BCUT2D eigenvalue weighted by molar-refractivity contribution is 5.75. The maximum Gasteiger partial charge on any atom is 0.222 e. The molecule has 0 aliphatic heterocycles. The molecule has 0 radical (unpaired) electrons. The molecule has 0 spiro atoms. The van der Waals surface area contributed by atoms with Gasteiger partial charge in [0.15, 0.2) is 0 Å². The number of nitrogens with one attached hydrogen (secondary N) is 1. The van der Waals surface area contributed by atoms with Gasteiger partial charge in [-0.1, -0.05) is 0 Å². The van der Waals surface area contributed by atoms with Crippen LogP contribution >= 0.6 is 0 Å². The van der Waals surface area contributed by atoms with Gasteiger partial charge in [-0.25, -0.2) is 0 Å². The molecule has 0 fully saturated rings. The molecule has 0 aromatic heterocycles. The molecule has 0 rings (SSSR count). The van der Waals surface area contributed by atoms with Gasteiger partial charge in [-0.3, -0.25) is 4.79 Å². The summed E-state index contributed by atoms with van der Waals surface area (Å²) in [5.41, 5.74) is 0. The third-order valence-electron chi connectivity index (χ3n) is 1.83. The molecule has 0 bridgehead atoms. The Balaban J connectivity index is 3.26. The molecule has 0 heterocycles. The number of carbonyl (C=O) groups is 1. The zero-order valence-corrected chi connectivity index (χ0v) is 8.86. The number of aliphatic hydroxyl groups excluding tert-OH is 2. The lowest BCUT2D eigenvalue weighted by Crippen LogP contribution is -2.30. The van der Waals surface area contributed by atoms with Gasteiger partial charge in [-0.2, -0.15) is 0 Å². The van der Waals surface area contributed by atoms with Crippen molar-refractivity contribution in [3.8, 4) is 0 Å². The predicted octanol–water partition coefficient (Wildman–Crippen LogP) is -1.20. The van der Waals surface area contributed by atoms with E-state index in [0.29, 0.717) is 19.5 Å². The first kappa shape index (κ1) is 13.4. The third-order valence-corrected chi connectivity index (χ3v) is 1.83. The highest BCUT2D eigenvalue weighted by atomic mass is 16.3. The lowest BCUT2D eigenvalue weighted by Gasteiger charge is -2.11. The van der Waals surface area contributed by atoms with E-state index < -0.39 is 6.10 Å². The van der Waals surface area contributed by atoms with Gasteiger partial charge in [0.1, 0.15) is 0 Å². The van der Waals surface area contributed by atoms with E-state index in [2.05, 4.69) is 5.32 Å². The number of carbonyl (C=O) groups excluding carboxylic acids is 1. The van der Waals surface area contributed by atoms with Crippen molar-refractivity contribution in [3.05, 3.63) is 0 Å². The smallest absolute Gasteiger partial charge is 0.222 e. The molecule has 5 nitrogen and oxygen atoms in total. The van der Waals surface area contributed by atoms with Crippen molar-refractivity contribution in [2.24, 2.45) is 0 Å². The molecule has 14 heavy (non-hydrogen) atoms. The molecule has 3 N–H and O–H groups in total. The van der Waals surface area contributed by atoms with Crippen molar-refractivity contribution < 1.29 is 15.0 Å². The number of rotatable bonds is 7. The molecule has 0 saturated carbocycles. The topological polar surface area (TPSA) is 72.8 Å². The molecule has 1 amide bonds. The minimum absolute atomic E-state index is 0.106. The van der Waals surface area contributed by atoms with Crippen LogP contribution in [0.5, 0.6) is 0 Å². The Kier molecular flexibility index (Phi) is 7.37. The standard InChI is InChI=1S/C9H20N2O3/c1-11(2)9(14)4-3-5-10-6-8(13)7-12/h8,10,12-13H,3-7H2,1-2H3. The Labute approximate surface area is 84.7 Å². The van der Waals surface area contributed by atoms with Gasteiger partial charge in [0.25, 0.3) is 0 Å². The SMILES string of the molecule is CN(C)C(=O)CCCNCC(O)CO. The van der Waals surface area contributed by atoms with Crippen LogP contribution in [-0.2, 0) is 4.79 Å². The maximum absolute atomic E-state index is 11.1. The van der Waals surface area contributed by atoms with Crippen LogP contribution in [0.3, 0.4) is 0 Å².